The number of carbonyl (C=O) groups is 1. The van der Waals surface area contributed by atoms with Crippen LogP contribution in [0.2, 0.25) is 0 Å². The van der Waals surface area contributed by atoms with Crippen LogP contribution in [0.4, 0.5) is 5.69 Å². The van der Waals surface area contributed by atoms with Crippen molar-refractivity contribution in [2.24, 2.45) is 0 Å². The van der Waals surface area contributed by atoms with Crippen molar-refractivity contribution in [1.29, 1.82) is 0 Å². The molecule has 8 heteroatoms. The fourth-order valence-electron chi connectivity index (χ4n) is 2.72. The number of anilines is 1. The lowest BCUT2D eigenvalue weighted by Crippen LogP contribution is -2.45. The van der Waals surface area contributed by atoms with E-state index in [0.717, 1.165) is 31.9 Å². The van der Waals surface area contributed by atoms with Gasteiger partial charge in [-0.2, -0.15) is 11.8 Å². The van der Waals surface area contributed by atoms with Crippen LogP contribution in [-0.4, -0.2) is 61.2 Å². The maximum absolute atomic E-state index is 12.2. The van der Waals surface area contributed by atoms with Crippen molar-refractivity contribution in [1.82, 2.24) is 10.2 Å². The van der Waals surface area contributed by atoms with Crippen LogP contribution < -0.4 is 10.6 Å². The molecular weight excluding hydrogens is 369 g/mol. The predicted molar refractivity (Wildman–Crippen MR) is 105 cm³/mol. The number of benzene rings is 1. The Labute approximate surface area is 160 Å². The van der Waals surface area contributed by atoms with Gasteiger partial charge >= 0.3 is 0 Å². The second-order valence-electron chi connectivity index (χ2n) is 5.64. The Hall–Kier alpha value is -0.500. The Morgan fingerprint density at radius 3 is 2.83 bits per heavy atom. The monoisotopic (exact) mass is 393 g/mol. The van der Waals surface area contributed by atoms with Crippen molar-refractivity contribution >= 4 is 48.2 Å². The average molecular weight is 394 g/mol. The van der Waals surface area contributed by atoms with Crippen LogP contribution in [0.15, 0.2) is 24.3 Å². The summed E-state index contributed by atoms with van der Waals surface area (Å²) < 4.78 is 5.48. The number of amides is 1. The minimum atomic E-state index is -0.392. The molecule has 0 bridgehead atoms. The van der Waals surface area contributed by atoms with Crippen molar-refractivity contribution in [2.75, 3.05) is 49.6 Å². The number of ether oxygens (including phenoxy) is 1. The van der Waals surface area contributed by atoms with Crippen LogP contribution in [0.5, 0.6) is 0 Å². The van der Waals surface area contributed by atoms with E-state index in [4.69, 9.17) is 4.74 Å². The zero-order valence-corrected chi connectivity index (χ0v) is 16.0. The number of nitrogens with zero attached hydrogens (tertiary/aromatic N) is 1. The molecule has 5 nitrogen and oxygen atoms in total. The molecule has 1 atom stereocenters. The van der Waals surface area contributed by atoms with E-state index in [1.165, 1.54) is 17.1 Å². The molecule has 1 amide bonds. The lowest BCUT2D eigenvalue weighted by molar-refractivity contribution is -0.128. The van der Waals surface area contributed by atoms with Gasteiger partial charge in [0.05, 0.1) is 6.61 Å². The molecule has 0 radical (unpaired) electrons. The zero-order valence-electron chi connectivity index (χ0n) is 13.5. The highest BCUT2D eigenvalue weighted by molar-refractivity contribution is 7.99. The van der Waals surface area contributed by atoms with Gasteiger partial charge in [0.1, 0.15) is 6.10 Å². The van der Waals surface area contributed by atoms with Gasteiger partial charge in [0, 0.05) is 49.9 Å². The molecule has 2 aliphatic heterocycles. The molecule has 2 saturated heterocycles. The minimum Gasteiger partial charge on any atom is -0.366 e. The molecular formula is C16H25Cl2N3O2S. The number of thioether (sulfide) groups is 1. The van der Waals surface area contributed by atoms with Gasteiger partial charge in [-0.3, -0.25) is 9.69 Å². The molecule has 0 spiro atoms. The van der Waals surface area contributed by atoms with E-state index in [-0.39, 0.29) is 30.7 Å². The summed E-state index contributed by atoms with van der Waals surface area (Å²) in [7, 11) is 0. The summed E-state index contributed by atoms with van der Waals surface area (Å²) >= 11 is 2.02. The summed E-state index contributed by atoms with van der Waals surface area (Å²) in [6, 6.07) is 8.12. The van der Waals surface area contributed by atoms with Gasteiger partial charge in [0.15, 0.2) is 0 Å². The van der Waals surface area contributed by atoms with Crippen LogP contribution in [0.25, 0.3) is 0 Å². The van der Waals surface area contributed by atoms with Crippen molar-refractivity contribution in [3.05, 3.63) is 29.8 Å². The standard InChI is InChI=1S/C16H23N3O2S.2ClH/c20-16(15-11-17-4-7-21-15)18-14-3-1-2-13(10-14)12-19-5-8-22-9-6-19;;/h1-3,10,15,17H,4-9,11-12H2,(H,18,20);2*1H. The predicted octanol–water partition coefficient (Wildman–Crippen LogP) is 2.01. The molecule has 3 rings (SSSR count). The first-order valence-corrected chi connectivity index (χ1v) is 8.99. The molecule has 136 valence electrons. The fraction of sp³-hybridized carbons (Fsp3) is 0.562. The summed E-state index contributed by atoms with van der Waals surface area (Å²) in [6.07, 6.45) is -0.392. The lowest BCUT2D eigenvalue weighted by Gasteiger charge is -2.26. The van der Waals surface area contributed by atoms with E-state index in [1.54, 1.807) is 0 Å². The van der Waals surface area contributed by atoms with Gasteiger partial charge in [0.25, 0.3) is 5.91 Å². The molecule has 2 aliphatic rings. The number of rotatable bonds is 4. The summed E-state index contributed by atoms with van der Waals surface area (Å²) in [5, 5.41) is 6.14. The van der Waals surface area contributed by atoms with Crippen LogP contribution in [0, 0.1) is 0 Å². The Balaban J connectivity index is 0.00000144. The summed E-state index contributed by atoms with van der Waals surface area (Å²) in [4.78, 5) is 14.6. The van der Waals surface area contributed by atoms with Crippen LogP contribution in [0.1, 0.15) is 5.56 Å². The number of nitrogens with one attached hydrogen (secondary N) is 2. The molecule has 0 aliphatic carbocycles. The highest BCUT2D eigenvalue weighted by atomic mass is 35.5. The molecule has 1 unspecified atom stereocenters. The molecule has 2 heterocycles. The highest BCUT2D eigenvalue weighted by Crippen LogP contribution is 2.16. The third-order valence-electron chi connectivity index (χ3n) is 3.92. The van der Waals surface area contributed by atoms with Crippen molar-refractivity contribution in [2.45, 2.75) is 12.6 Å². The first kappa shape index (κ1) is 21.5. The summed E-state index contributed by atoms with van der Waals surface area (Å²) in [5.41, 5.74) is 2.09. The topological polar surface area (TPSA) is 53.6 Å². The van der Waals surface area contributed by atoms with E-state index in [0.29, 0.717) is 13.2 Å². The van der Waals surface area contributed by atoms with Crippen LogP contribution in [0.3, 0.4) is 0 Å². The van der Waals surface area contributed by atoms with Crippen molar-refractivity contribution in [3.63, 3.8) is 0 Å². The first-order valence-electron chi connectivity index (χ1n) is 7.83. The molecule has 0 saturated carbocycles. The SMILES string of the molecule is Cl.Cl.O=C(Nc1cccc(CN2CCSCC2)c1)C1CNCCO1. The molecule has 2 fully saturated rings. The van der Waals surface area contributed by atoms with Gasteiger partial charge in [0.2, 0.25) is 0 Å². The number of halogens is 2. The average Bonchev–Trinajstić information content (AvgIpc) is 2.57. The lowest BCUT2D eigenvalue weighted by atomic mass is 10.1. The van der Waals surface area contributed by atoms with Gasteiger partial charge in [-0.25, -0.2) is 0 Å². The van der Waals surface area contributed by atoms with E-state index in [2.05, 4.69) is 27.7 Å². The maximum atomic E-state index is 12.2. The van der Waals surface area contributed by atoms with E-state index in [1.807, 2.05) is 23.9 Å². The number of morpholine rings is 1. The number of hydrogen-bond donors (Lipinski definition) is 2. The Morgan fingerprint density at radius 2 is 2.12 bits per heavy atom. The number of carbonyl (C=O) groups excluding carboxylic acids is 1. The quantitative estimate of drug-likeness (QED) is 0.819. The fourth-order valence-corrected chi connectivity index (χ4v) is 3.70. The van der Waals surface area contributed by atoms with Gasteiger partial charge in [-0.05, 0) is 17.7 Å². The molecule has 2 N–H and O–H groups in total. The van der Waals surface area contributed by atoms with E-state index >= 15 is 0 Å². The second-order valence-corrected chi connectivity index (χ2v) is 6.87. The summed E-state index contributed by atoms with van der Waals surface area (Å²) in [6.45, 7) is 5.22. The zero-order chi connectivity index (χ0) is 15.2. The largest absolute Gasteiger partial charge is 0.366 e. The van der Waals surface area contributed by atoms with Crippen LogP contribution >= 0.6 is 36.6 Å². The van der Waals surface area contributed by atoms with E-state index in [9.17, 15) is 4.79 Å². The molecule has 1 aromatic carbocycles. The second kappa shape index (κ2) is 11.2. The maximum Gasteiger partial charge on any atom is 0.254 e. The van der Waals surface area contributed by atoms with Gasteiger partial charge < -0.3 is 15.4 Å². The summed E-state index contributed by atoms with van der Waals surface area (Å²) in [5.74, 6) is 2.35. The smallest absolute Gasteiger partial charge is 0.254 e. The highest BCUT2D eigenvalue weighted by Gasteiger charge is 2.21. The Bertz CT molecular complexity index is 510. The third-order valence-corrected chi connectivity index (χ3v) is 4.87. The molecule has 0 aromatic heterocycles. The molecule has 24 heavy (non-hydrogen) atoms. The van der Waals surface area contributed by atoms with Gasteiger partial charge in [-0.1, -0.05) is 12.1 Å². The van der Waals surface area contributed by atoms with Crippen molar-refractivity contribution in [3.8, 4) is 0 Å². The normalized spacial score (nSPS) is 21.2. The van der Waals surface area contributed by atoms with E-state index < -0.39 is 6.10 Å². The van der Waals surface area contributed by atoms with Gasteiger partial charge in [-0.15, -0.1) is 24.8 Å². The Morgan fingerprint density at radius 1 is 1.33 bits per heavy atom. The van der Waals surface area contributed by atoms with Crippen LogP contribution in [-0.2, 0) is 16.1 Å². The first-order chi connectivity index (χ1) is 10.8. The third kappa shape index (κ3) is 6.43. The minimum absolute atomic E-state index is 0. The Kier molecular flexibility index (Phi) is 10.0. The number of hydrogen-bond acceptors (Lipinski definition) is 5. The van der Waals surface area contributed by atoms with Crippen molar-refractivity contribution < 1.29 is 9.53 Å². The molecule has 1 aromatic rings.